The van der Waals surface area contributed by atoms with Gasteiger partial charge in [-0.3, -0.25) is 9.59 Å². The highest BCUT2D eigenvalue weighted by atomic mass is 16.5. The van der Waals surface area contributed by atoms with Gasteiger partial charge in [-0.1, -0.05) is 19.0 Å². The Morgan fingerprint density at radius 3 is 2.35 bits per heavy atom. The molecule has 8 heteroatoms. The molecular formula is C18H23N3O5. The lowest BCUT2D eigenvalue weighted by Gasteiger charge is -2.24. The van der Waals surface area contributed by atoms with Crippen molar-refractivity contribution >= 4 is 17.6 Å². The first-order valence-corrected chi connectivity index (χ1v) is 8.15. The van der Waals surface area contributed by atoms with Crippen LogP contribution >= 0.6 is 0 Å². The molecule has 26 heavy (non-hydrogen) atoms. The van der Waals surface area contributed by atoms with Gasteiger partial charge in [0.25, 0.3) is 5.91 Å². The lowest BCUT2D eigenvalue weighted by Crippen LogP contribution is -2.40. The van der Waals surface area contributed by atoms with Gasteiger partial charge in [-0.05, 0) is 18.1 Å². The number of amides is 2. The van der Waals surface area contributed by atoms with Crippen molar-refractivity contribution in [3.8, 4) is 11.5 Å². The average Bonchev–Trinajstić information content (AvgIpc) is 3.12. The van der Waals surface area contributed by atoms with Crippen LogP contribution in [0.1, 0.15) is 24.2 Å². The van der Waals surface area contributed by atoms with Gasteiger partial charge in [-0.2, -0.15) is 0 Å². The predicted octanol–water partition coefficient (Wildman–Crippen LogP) is 2.43. The minimum absolute atomic E-state index is 0.108. The zero-order valence-corrected chi connectivity index (χ0v) is 15.3. The predicted molar refractivity (Wildman–Crippen MR) is 95.4 cm³/mol. The fourth-order valence-corrected chi connectivity index (χ4v) is 2.41. The zero-order chi connectivity index (χ0) is 19.1. The molecule has 0 fully saturated rings. The highest BCUT2D eigenvalue weighted by Crippen LogP contribution is 2.23. The van der Waals surface area contributed by atoms with Crippen molar-refractivity contribution < 1.29 is 23.6 Å². The van der Waals surface area contributed by atoms with Crippen LogP contribution in [0.15, 0.2) is 35.1 Å². The van der Waals surface area contributed by atoms with E-state index >= 15 is 0 Å². The maximum Gasteiger partial charge on any atom is 0.254 e. The molecule has 0 bridgehead atoms. The fraction of sp³-hybridized carbons (Fsp3) is 0.389. The molecule has 0 saturated heterocycles. The monoisotopic (exact) mass is 361 g/mol. The lowest BCUT2D eigenvalue weighted by molar-refractivity contribution is -0.117. The summed E-state index contributed by atoms with van der Waals surface area (Å²) in [6.45, 7) is 4.26. The van der Waals surface area contributed by atoms with E-state index in [1.54, 1.807) is 18.2 Å². The minimum Gasteiger partial charge on any atom is -0.497 e. The van der Waals surface area contributed by atoms with Gasteiger partial charge in [0.1, 0.15) is 24.3 Å². The number of benzene rings is 1. The van der Waals surface area contributed by atoms with Crippen LogP contribution in [-0.2, 0) is 4.79 Å². The second kappa shape index (κ2) is 8.89. The number of nitrogens with one attached hydrogen (secondary N) is 1. The number of carbonyl (C=O) groups excluding carboxylic acids is 2. The number of rotatable bonds is 8. The van der Waals surface area contributed by atoms with Crippen molar-refractivity contribution in [1.29, 1.82) is 0 Å². The van der Waals surface area contributed by atoms with Crippen LogP contribution in [0.3, 0.4) is 0 Å². The van der Waals surface area contributed by atoms with Crippen LogP contribution in [-0.4, -0.2) is 49.2 Å². The second-order valence-corrected chi connectivity index (χ2v) is 6.11. The van der Waals surface area contributed by atoms with Gasteiger partial charge in [0, 0.05) is 24.2 Å². The van der Waals surface area contributed by atoms with E-state index in [1.807, 2.05) is 13.8 Å². The molecule has 1 aromatic carbocycles. The van der Waals surface area contributed by atoms with Crippen LogP contribution in [0, 0.1) is 5.92 Å². The van der Waals surface area contributed by atoms with E-state index in [4.69, 9.17) is 9.47 Å². The maximum absolute atomic E-state index is 13.0. The van der Waals surface area contributed by atoms with E-state index in [2.05, 4.69) is 15.0 Å². The molecule has 0 aliphatic heterocycles. The zero-order valence-electron chi connectivity index (χ0n) is 15.3. The molecule has 0 saturated carbocycles. The number of nitrogens with zero attached hydrogens (tertiary/aromatic N) is 2. The summed E-state index contributed by atoms with van der Waals surface area (Å²) in [4.78, 5) is 26.7. The van der Waals surface area contributed by atoms with Gasteiger partial charge in [0.2, 0.25) is 5.91 Å². The molecule has 0 radical (unpaired) electrons. The number of aromatic nitrogens is 1. The molecule has 8 nitrogen and oxygen atoms in total. The lowest BCUT2D eigenvalue weighted by atomic mass is 10.1. The first kappa shape index (κ1) is 19.3. The summed E-state index contributed by atoms with van der Waals surface area (Å²) in [5.41, 5.74) is 0.385. The molecule has 0 aliphatic rings. The molecule has 0 spiro atoms. The number of ether oxygens (including phenoxy) is 2. The molecule has 0 unspecified atom stereocenters. The summed E-state index contributed by atoms with van der Waals surface area (Å²) in [6, 6.07) is 6.45. The van der Waals surface area contributed by atoms with Gasteiger partial charge in [-0.25, -0.2) is 0 Å². The summed E-state index contributed by atoms with van der Waals surface area (Å²) in [5, 5.41) is 6.22. The third kappa shape index (κ3) is 5.23. The molecule has 2 amide bonds. The van der Waals surface area contributed by atoms with E-state index in [-0.39, 0.29) is 24.3 Å². The fourth-order valence-electron chi connectivity index (χ4n) is 2.41. The Morgan fingerprint density at radius 2 is 1.85 bits per heavy atom. The van der Waals surface area contributed by atoms with E-state index < -0.39 is 0 Å². The third-order valence-corrected chi connectivity index (χ3v) is 3.51. The van der Waals surface area contributed by atoms with Crippen LogP contribution < -0.4 is 14.8 Å². The molecule has 0 aliphatic carbocycles. The van der Waals surface area contributed by atoms with E-state index in [1.165, 1.54) is 31.4 Å². The summed E-state index contributed by atoms with van der Waals surface area (Å²) in [6.07, 6.45) is 1.36. The highest BCUT2D eigenvalue weighted by Gasteiger charge is 2.21. The van der Waals surface area contributed by atoms with Crippen molar-refractivity contribution in [3.63, 3.8) is 0 Å². The van der Waals surface area contributed by atoms with E-state index in [0.29, 0.717) is 29.4 Å². The van der Waals surface area contributed by atoms with Gasteiger partial charge >= 0.3 is 0 Å². The number of hydrogen-bond acceptors (Lipinski definition) is 6. The molecule has 140 valence electrons. The summed E-state index contributed by atoms with van der Waals surface area (Å²) >= 11 is 0. The van der Waals surface area contributed by atoms with E-state index in [0.717, 1.165) is 0 Å². The molecule has 0 atom stereocenters. The molecule has 2 rings (SSSR count). The molecular weight excluding hydrogens is 338 g/mol. The Bertz CT molecular complexity index is 721. The Labute approximate surface area is 152 Å². The minimum atomic E-state index is -0.359. The smallest absolute Gasteiger partial charge is 0.254 e. The number of hydrogen-bond donors (Lipinski definition) is 1. The van der Waals surface area contributed by atoms with Gasteiger partial charge in [0.15, 0.2) is 5.82 Å². The largest absolute Gasteiger partial charge is 0.497 e. The quantitative estimate of drug-likeness (QED) is 0.776. The third-order valence-electron chi connectivity index (χ3n) is 3.51. The van der Waals surface area contributed by atoms with Gasteiger partial charge in [-0.15, -0.1) is 0 Å². The van der Waals surface area contributed by atoms with Crippen molar-refractivity contribution in [3.05, 3.63) is 36.1 Å². The normalized spacial score (nSPS) is 10.5. The standard InChI is InChI=1S/C18H23N3O5/c1-12(2)10-21(11-17(22)19-16-5-6-26-20-16)18(23)13-7-14(24-3)9-15(8-13)25-4/h5-9,12H,10-11H2,1-4H3,(H,19,20,22). The first-order chi connectivity index (χ1) is 12.4. The van der Waals surface area contributed by atoms with Crippen molar-refractivity contribution in [1.82, 2.24) is 10.1 Å². The Balaban J connectivity index is 2.19. The van der Waals surface area contributed by atoms with Crippen LogP contribution in [0.5, 0.6) is 11.5 Å². The van der Waals surface area contributed by atoms with Gasteiger partial charge in [0.05, 0.1) is 14.2 Å². The first-order valence-electron chi connectivity index (χ1n) is 8.15. The molecule has 2 aromatic rings. The second-order valence-electron chi connectivity index (χ2n) is 6.11. The van der Waals surface area contributed by atoms with Gasteiger partial charge < -0.3 is 24.2 Å². The number of methoxy groups -OCH3 is 2. The van der Waals surface area contributed by atoms with Crippen molar-refractivity contribution in [2.45, 2.75) is 13.8 Å². The van der Waals surface area contributed by atoms with E-state index in [9.17, 15) is 9.59 Å². The summed E-state index contributed by atoms with van der Waals surface area (Å²) in [7, 11) is 3.03. The van der Waals surface area contributed by atoms with Crippen molar-refractivity contribution in [2.24, 2.45) is 5.92 Å². The SMILES string of the molecule is COc1cc(OC)cc(C(=O)N(CC(=O)Nc2ccon2)CC(C)C)c1. The Kier molecular flexibility index (Phi) is 6.60. The number of carbonyl (C=O) groups is 2. The van der Waals surface area contributed by atoms with Crippen LogP contribution in [0.4, 0.5) is 5.82 Å². The Morgan fingerprint density at radius 1 is 1.19 bits per heavy atom. The van der Waals surface area contributed by atoms with Crippen LogP contribution in [0.25, 0.3) is 0 Å². The van der Waals surface area contributed by atoms with Crippen molar-refractivity contribution in [2.75, 3.05) is 32.6 Å². The Hall–Kier alpha value is -3.03. The summed E-state index contributed by atoms with van der Waals surface area (Å²) in [5.74, 6) is 0.851. The van der Waals surface area contributed by atoms with Crippen LogP contribution in [0.2, 0.25) is 0 Å². The molecule has 1 heterocycles. The molecule has 1 N–H and O–H groups in total. The molecule has 1 aromatic heterocycles. The summed E-state index contributed by atoms with van der Waals surface area (Å²) < 4.78 is 15.1. The average molecular weight is 361 g/mol. The number of anilines is 1. The maximum atomic E-state index is 13.0. The topological polar surface area (TPSA) is 93.9 Å². The highest BCUT2D eigenvalue weighted by molar-refractivity contribution is 5.99.